The van der Waals surface area contributed by atoms with E-state index in [0.717, 1.165) is 0 Å². The number of carbonyl (C=O) groups is 1. The summed E-state index contributed by atoms with van der Waals surface area (Å²) in [7, 11) is -3.65. The number of sulfonamides is 1. The third kappa shape index (κ3) is 7.43. The summed E-state index contributed by atoms with van der Waals surface area (Å²) in [4.78, 5) is 22.6. The maximum absolute atomic E-state index is 13.6. The predicted molar refractivity (Wildman–Crippen MR) is 128 cm³/mol. The molecule has 15 heteroatoms. The molecular formula is C21H23F3N8O3S. The molecule has 3 aromatic rings. The van der Waals surface area contributed by atoms with Gasteiger partial charge in [0.25, 0.3) is 0 Å². The van der Waals surface area contributed by atoms with Crippen molar-refractivity contribution in [2.75, 3.05) is 21.1 Å². The highest BCUT2D eigenvalue weighted by atomic mass is 32.2. The average molecular weight is 525 g/mol. The van der Waals surface area contributed by atoms with Crippen LogP contribution in [0.3, 0.4) is 0 Å². The summed E-state index contributed by atoms with van der Waals surface area (Å²) >= 11 is 0. The van der Waals surface area contributed by atoms with Gasteiger partial charge >= 0.3 is 12.2 Å². The molecule has 0 saturated carbocycles. The first-order chi connectivity index (χ1) is 17.0. The van der Waals surface area contributed by atoms with Crippen molar-refractivity contribution in [3.63, 3.8) is 0 Å². The molecule has 0 aliphatic rings. The van der Waals surface area contributed by atoms with Crippen LogP contribution in [0.1, 0.15) is 23.6 Å². The Kier molecular flexibility index (Phi) is 8.14. The van der Waals surface area contributed by atoms with Crippen LogP contribution in [-0.4, -0.2) is 35.2 Å². The van der Waals surface area contributed by atoms with Crippen molar-refractivity contribution in [2.45, 2.75) is 26.2 Å². The molecule has 0 unspecified atom stereocenters. The molecule has 11 nitrogen and oxygen atoms in total. The number of benzene rings is 1. The number of hydrogen-bond donors (Lipinski definition) is 5. The molecule has 0 bridgehead atoms. The van der Waals surface area contributed by atoms with Gasteiger partial charge in [0.05, 0.1) is 5.75 Å². The summed E-state index contributed by atoms with van der Waals surface area (Å²) < 4.78 is 66.9. The molecule has 3 rings (SSSR count). The number of nitrogens with zero attached hydrogens (tertiary/aromatic N) is 3. The van der Waals surface area contributed by atoms with Gasteiger partial charge in [-0.2, -0.15) is 18.2 Å². The van der Waals surface area contributed by atoms with Crippen LogP contribution >= 0.6 is 0 Å². The third-order valence-electron chi connectivity index (χ3n) is 4.71. The molecule has 0 spiro atoms. The fraction of sp³-hybridized carbons (Fsp3) is 0.238. The fourth-order valence-corrected chi connectivity index (χ4v) is 3.56. The lowest BCUT2D eigenvalue weighted by Gasteiger charge is -2.16. The van der Waals surface area contributed by atoms with E-state index in [1.54, 1.807) is 24.3 Å². The molecule has 0 radical (unpaired) electrons. The van der Waals surface area contributed by atoms with E-state index < -0.39 is 33.6 Å². The maximum atomic E-state index is 13.6. The Bertz CT molecular complexity index is 1340. The Balaban J connectivity index is 1.84. The molecule has 1 aromatic carbocycles. The van der Waals surface area contributed by atoms with E-state index in [0.29, 0.717) is 23.0 Å². The highest BCUT2D eigenvalue weighted by molar-refractivity contribution is 7.92. The maximum Gasteiger partial charge on any atom is 0.421 e. The summed E-state index contributed by atoms with van der Waals surface area (Å²) in [6.07, 6.45) is -2.75. The smallest absolute Gasteiger partial charge is 0.365 e. The van der Waals surface area contributed by atoms with E-state index in [-0.39, 0.29) is 30.6 Å². The lowest BCUT2D eigenvalue weighted by Crippen LogP contribution is -2.28. The minimum absolute atomic E-state index is 0.00537. The van der Waals surface area contributed by atoms with Gasteiger partial charge in [-0.05, 0) is 30.7 Å². The van der Waals surface area contributed by atoms with Gasteiger partial charge in [-0.15, -0.1) is 0 Å². The van der Waals surface area contributed by atoms with Crippen LogP contribution in [0.4, 0.5) is 41.2 Å². The van der Waals surface area contributed by atoms with E-state index in [1.807, 2.05) is 0 Å². The zero-order valence-corrected chi connectivity index (χ0v) is 19.7. The molecule has 0 saturated heterocycles. The second-order valence-corrected chi connectivity index (χ2v) is 9.38. The first kappa shape index (κ1) is 26.5. The Morgan fingerprint density at radius 2 is 1.86 bits per heavy atom. The summed E-state index contributed by atoms with van der Waals surface area (Å²) in [5.74, 6) is -0.840. The van der Waals surface area contributed by atoms with E-state index in [2.05, 4.69) is 35.6 Å². The highest BCUT2D eigenvalue weighted by Crippen LogP contribution is 2.34. The van der Waals surface area contributed by atoms with E-state index in [4.69, 9.17) is 5.73 Å². The van der Waals surface area contributed by atoms with Gasteiger partial charge in [-0.25, -0.2) is 23.2 Å². The molecule has 0 fully saturated rings. The SMILES string of the molecule is CCS(=O)(=O)Nc1ncccc1CNc1nc(Nc2cccc(CNC(N)=O)c2)ncc1C(F)(F)F. The summed E-state index contributed by atoms with van der Waals surface area (Å²) in [5.41, 5.74) is 5.42. The number of nitrogens with two attached hydrogens (primary N) is 1. The van der Waals surface area contributed by atoms with Gasteiger partial charge in [-0.1, -0.05) is 18.2 Å². The minimum atomic E-state index is -4.75. The van der Waals surface area contributed by atoms with Gasteiger partial charge in [0.15, 0.2) is 0 Å². The van der Waals surface area contributed by atoms with Crippen molar-refractivity contribution in [2.24, 2.45) is 5.73 Å². The Morgan fingerprint density at radius 3 is 2.56 bits per heavy atom. The summed E-state index contributed by atoms with van der Waals surface area (Å²) in [6.45, 7) is 1.39. The third-order valence-corrected chi connectivity index (χ3v) is 5.98. The summed E-state index contributed by atoms with van der Waals surface area (Å²) in [5, 5.41) is 7.86. The molecular weight excluding hydrogens is 501 g/mol. The van der Waals surface area contributed by atoms with Gasteiger partial charge in [0.1, 0.15) is 17.2 Å². The van der Waals surface area contributed by atoms with E-state index >= 15 is 0 Å². The average Bonchev–Trinajstić information content (AvgIpc) is 2.81. The van der Waals surface area contributed by atoms with E-state index in [9.17, 15) is 26.4 Å². The second kappa shape index (κ2) is 11.1. The molecule has 2 heterocycles. The van der Waals surface area contributed by atoms with Crippen LogP contribution in [0.2, 0.25) is 0 Å². The topological polar surface area (TPSA) is 164 Å². The zero-order valence-electron chi connectivity index (χ0n) is 18.9. The van der Waals surface area contributed by atoms with Crippen molar-refractivity contribution in [3.05, 3.63) is 65.5 Å². The first-order valence-electron chi connectivity index (χ1n) is 10.5. The number of carbonyl (C=O) groups excluding carboxylic acids is 1. The number of aromatic nitrogens is 3. The van der Waals surface area contributed by atoms with Crippen LogP contribution in [0.5, 0.6) is 0 Å². The molecule has 36 heavy (non-hydrogen) atoms. The zero-order chi connectivity index (χ0) is 26.3. The van der Waals surface area contributed by atoms with Crippen molar-refractivity contribution >= 4 is 39.3 Å². The van der Waals surface area contributed by atoms with Crippen molar-refractivity contribution in [3.8, 4) is 0 Å². The highest BCUT2D eigenvalue weighted by Gasteiger charge is 2.35. The van der Waals surface area contributed by atoms with Crippen molar-refractivity contribution < 1.29 is 26.4 Å². The molecule has 2 aromatic heterocycles. The number of primary amides is 1. The summed E-state index contributed by atoms with van der Waals surface area (Å²) in [6, 6.07) is 9.03. The first-order valence-corrected chi connectivity index (χ1v) is 12.1. The largest absolute Gasteiger partial charge is 0.421 e. The van der Waals surface area contributed by atoms with Crippen molar-refractivity contribution in [1.29, 1.82) is 0 Å². The Labute approximate surface area is 204 Å². The quantitative estimate of drug-likeness (QED) is 0.270. The predicted octanol–water partition coefficient (Wildman–Crippen LogP) is 3.18. The van der Waals surface area contributed by atoms with Gasteiger partial charge in [0, 0.05) is 36.7 Å². The van der Waals surface area contributed by atoms with Gasteiger partial charge < -0.3 is 21.7 Å². The number of rotatable bonds is 10. The number of alkyl halides is 3. The normalized spacial score (nSPS) is 11.6. The molecule has 2 amide bonds. The number of urea groups is 1. The van der Waals surface area contributed by atoms with Crippen LogP contribution in [-0.2, 0) is 29.3 Å². The molecule has 0 atom stereocenters. The number of hydrogen-bond acceptors (Lipinski definition) is 8. The number of halogens is 3. The monoisotopic (exact) mass is 524 g/mol. The van der Waals surface area contributed by atoms with Gasteiger partial charge in [-0.3, -0.25) is 4.72 Å². The number of anilines is 4. The Morgan fingerprint density at radius 1 is 1.08 bits per heavy atom. The molecule has 0 aliphatic heterocycles. The lowest BCUT2D eigenvalue weighted by atomic mass is 10.2. The second-order valence-electron chi connectivity index (χ2n) is 7.37. The number of pyridine rings is 1. The molecule has 0 aliphatic carbocycles. The van der Waals surface area contributed by atoms with Crippen molar-refractivity contribution in [1.82, 2.24) is 20.3 Å². The van der Waals surface area contributed by atoms with Crippen LogP contribution < -0.4 is 26.4 Å². The van der Waals surface area contributed by atoms with Crippen LogP contribution in [0.25, 0.3) is 0 Å². The van der Waals surface area contributed by atoms with Crippen LogP contribution in [0.15, 0.2) is 48.8 Å². The number of nitrogens with one attached hydrogen (secondary N) is 4. The molecule has 192 valence electrons. The fourth-order valence-electron chi connectivity index (χ4n) is 2.93. The standard InChI is InChI=1S/C21H23F3N8O3S/c1-2-36(34,35)32-17-14(6-4-8-26-17)11-27-18-16(21(22,23)24)12-29-20(31-18)30-15-7-3-5-13(9-15)10-28-19(25)33/h3-9,12H,2,10-11H2,1H3,(H,26,32)(H3,25,28,33)(H2,27,29,30,31). The molecule has 6 N–H and O–H groups in total. The van der Waals surface area contributed by atoms with Gasteiger partial charge in [0.2, 0.25) is 16.0 Å². The Hall–Kier alpha value is -4.14. The number of amides is 2. The lowest BCUT2D eigenvalue weighted by molar-refractivity contribution is -0.137. The van der Waals surface area contributed by atoms with Crippen LogP contribution in [0, 0.1) is 0 Å². The van der Waals surface area contributed by atoms with E-state index in [1.165, 1.54) is 25.3 Å². The minimum Gasteiger partial charge on any atom is -0.365 e.